The summed E-state index contributed by atoms with van der Waals surface area (Å²) in [6.07, 6.45) is -0.270. The van der Waals surface area contributed by atoms with Gasteiger partial charge in [0.15, 0.2) is 0 Å². The van der Waals surface area contributed by atoms with E-state index in [2.05, 4.69) is 40.8 Å². The molecule has 2 fully saturated rings. The van der Waals surface area contributed by atoms with Gasteiger partial charge < -0.3 is 14.4 Å². The van der Waals surface area contributed by atoms with Crippen LogP contribution in [0.1, 0.15) is 12.6 Å². The molecule has 0 bridgehead atoms. The smallest absolute Gasteiger partial charge is 0.243 e. The zero-order chi connectivity index (χ0) is 21.8. The van der Waals surface area contributed by atoms with Crippen LogP contribution in [0, 0.1) is 0 Å². The Labute approximate surface area is 195 Å². The molecular weight excluding hydrogens is 504 g/mol. The average Bonchev–Trinajstić information content (AvgIpc) is 3.41. The molecule has 4 rings (SSSR count). The number of hydrogen-bond acceptors (Lipinski definition) is 8. The highest BCUT2D eigenvalue weighted by atomic mass is 79.9. The van der Waals surface area contributed by atoms with Gasteiger partial charge in [0.1, 0.15) is 4.90 Å². The average molecular weight is 531 g/mol. The lowest BCUT2D eigenvalue weighted by Gasteiger charge is -2.36. The largest absolute Gasteiger partial charge is 0.377 e. The van der Waals surface area contributed by atoms with Gasteiger partial charge in [0.25, 0.3) is 0 Å². The molecule has 1 aromatic heterocycles. The number of hydrogen-bond donors (Lipinski definition) is 1. The normalized spacial score (nSPS) is 22.8. The number of halogens is 1. The Morgan fingerprint density at radius 3 is 2.81 bits per heavy atom. The van der Waals surface area contributed by atoms with E-state index in [1.165, 1.54) is 0 Å². The van der Waals surface area contributed by atoms with Crippen molar-refractivity contribution >= 4 is 43.0 Å². The fourth-order valence-electron chi connectivity index (χ4n) is 3.94. The first-order valence-electron chi connectivity index (χ1n) is 10.3. The van der Waals surface area contributed by atoms with Gasteiger partial charge in [-0.05, 0) is 25.1 Å². The minimum atomic E-state index is -3.74. The molecule has 0 unspecified atom stereocenters. The van der Waals surface area contributed by atoms with Gasteiger partial charge in [-0.15, -0.1) is 11.3 Å². The van der Waals surface area contributed by atoms with Crippen LogP contribution in [0.5, 0.6) is 0 Å². The van der Waals surface area contributed by atoms with Crippen LogP contribution in [0.2, 0.25) is 0 Å². The monoisotopic (exact) mass is 530 g/mol. The summed E-state index contributed by atoms with van der Waals surface area (Å²) in [5.74, 6) is 0. The summed E-state index contributed by atoms with van der Waals surface area (Å²) < 4.78 is 41.4. The molecule has 0 spiro atoms. The first-order valence-corrected chi connectivity index (χ1v) is 13.5. The van der Waals surface area contributed by atoms with Crippen molar-refractivity contribution in [2.24, 2.45) is 0 Å². The van der Waals surface area contributed by atoms with Crippen molar-refractivity contribution in [2.75, 3.05) is 50.9 Å². The quantitative estimate of drug-likeness (QED) is 0.560. The summed E-state index contributed by atoms with van der Waals surface area (Å²) in [6.45, 7) is 7.13. The van der Waals surface area contributed by atoms with E-state index in [0.29, 0.717) is 25.5 Å². The number of anilines is 1. The standard InChI is InChI=1S/C20H27BrN4O4S2/c1-2-29-19-12-28-11-17(19)23-31(26,27)20-4-3-15(21)9-18(20)25-7-5-24(6-8-25)10-16-13-30-14-22-16/h3-4,9,13-14,17,19,23H,2,5-8,10-12H2,1H3/t17-,19-/m1/s1. The second-order valence-electron chi connectivity index (χ2n) is 7.61. The van der Waals surface area contributed by atoms with E-state index < -0.39 is 16.1 Å². The zero-order valence-electron chi connectivity index (χ0n) is 17.4. The Hall–Kier alpha value is -1.08. The number of ether oxygens (including phenoxy) is 2. The first-order chi connectivity index (χ1) is 15.0. The zero-order valence-corrected chi connectivity index (χ0v) is 20.6. The molecule has 8 nitrogen and oxygen atoms in total. The molecule has 0 saturated carbocycles. The van der Waals surface area contributed by atoms with Crippen LogP contribution in [-0.4, -0.2) is 76.4 Å². The Bertz CT molecular complexity index is 966. The van der Waals surface area contributed by atoms with Crippen molar-refractivity contribution in [3.8, 4) is 0 Å². The summed E-state index contributed by atoms with van der Waals surface area (Å²) in [5, 5.41) is 2.07. The van der Waals surface area contributed by atoms with E-state index in [1.807, 2.05) is 18.5 Å². The molecule has 2 aromatic rings. The molecule has 3 heterocycles. The fourth-order valence-corrected chi connectivity index (χ4v) is 6.30. The van der Waals surface area contributed by atoms with Gasteiger partial charge in [-0.25, -0.2) is 18.1 Å². The number of nitrogens with one attached hydrogen (secondary N) is 1. The predicted octanol–water partition coefficient (Wildman–Crippen LogP) is 2.31. The third kappa shape index (κ3) is 5.65. The maximum Gasteiger partial charge on any atom is 0.243 e. The Kier molecular flexibility index (Phi) is 7.63. The van der Waals surface area contributed by atoms with Crippen LogP contribution in [0.25, 0.3) is 0 Å². The van der Waals surface area contributed by atoms with Crippen molar-refractivity contribution in [3.63, 3.8) is 0 Å². The topological polar surface area (TPSA) is 84.0 Å². The lowest BCUT2D eigenvalue weighted by Crippen LogP contribution is -2.47. The van der Waals surface area contributed by atoms with Gasteiger partial charge in [-0.2, -0.15) is 0 Å². The Morgan fingerprint density at radius 1 is 1.29 bits per heavy atom. The molecule has 2 aliphatic rings. The minimum absolute atomic E-state index is 0.270. The van der Waals surface area contributed by atoms with E-state index in [4.69, 9.17) is 9.47 Å². The third-order valence-electron chi connectivity index (χ3n) is 5.51. The van der Waals surface area contributed by atoms with Gasteiger partial charge >= 0.3 is 0 Å². The van der Waals surface area contributed by atoms with Crippen molar-refractivity contribution in [1.82, 2.24) is 14.6 Å². The molecule has 31 heavy (non-hydrogen) atoms. The van der Waals surface area contributed by atoms with E-state index in [1.54, 1.807) is 23.5 Å². The predicted molar refractivity (Wildman–Crippen MR) is 124 cm³/mol. The molecule has 1 N–H and O–H groups in total. The van der Waals surface area contributed by atoms with E-state index in [-0.39, 0.29) is 11.0 Å². The first kappa shape index (κ1) is 23.1. The van der Waals surface area contributed by atoms with Crippen LogP contribution >= 0.6 is 27.3 Å². The second-order valence-corrected chi connectivity index (χ2v) is 10.9. The van der Waals surface area contributed by atoms with Gasteiger partial charge in [-0.1, -0.05) is 15.9 Å². The summed E-state index contributed by atoms with van der Waals surface area (Å²) in [7, 11) is -3.74. The maximum absolute atomic E-state index is 13.3. The number of sulfonamides is 1. The molecule has 170 valence electrons. The number of benzene rings is 1. The highest BCUT2D eigenvalue weighted by Crippen LogP contribution is 2.30. The fraction of sp³-hybridized carbons (Fsp3) is 0.550. The van der Waals surface area contributed by atoms with Crippen LogP contribution in [0.3, 0.4) is 0 Å². The SMILES string of the molecule is CCO[C@@H]1COC[C@H]1NS(=O)(=O)c1ccc(Br)cc1N1CCN(Cc2cscn2)CC1. The number of aromatic nitrogens is 1. The van der Waals surface area contributed by atoms with Crippen LogP contribution < -0.4 is 9.62 Å². The summed E-state index contributed by atoms with van der Waals surface area (Å²) in [6, 6.07) is 4.92. The molecule has 0 aliphatic carbocycles. The van der Waals surface area contributed by atoms with Crippen molar-refractivity contribution in [1.29, 1.82) is 0 Å². The molecule has 2 aliphatic heterocycles. The van der Waals surface area contributed by atoms with Crippen molar-refractivity contribution < 1.29 is 17.9 Å². The second kappa shape index (κ2) is 10.2. The molecule has 0 radical (unpaired) electrons. The number of nitrogens with zero attached hydrogens (tertiary/aromatic N) is 3. The van der Waals surface area contributed by atoms with Gasteiger partial charge in [0.05, 0.1) is 42.3 Å². The van der Waals surface area contributed by atoms with E-state index in [0.717, 1.165) is 42.9 Å². The molecule has 2 saturated heterocycles. The molecular formula is C20H27BrN4O4S2. The molecule has 11 heteroatoms. The molecule has 2 atom stereocenters. The summed E-state index contributed by atoms with van der Waals surface area (Å²) >= 11 is 5.10. The number of piperazine rings is 1. The van der Waals surface area contributed by atoms with Gasteiger partial charge in [0.2, 0.25) is 10.0 Å². The number of thiazole rings is 1. The van der Waals surface area contributed by atoms with Crippen molar-refractivity contribution in [2.45, 2.75) is 30.5 Å². The van der Waals surface area contributed by atoms with Crippen LogP contribution in [0.15, 0.2) is 38.5 Å². The lowest BCUT2D eigenvalue weighted by atomic mass is 10.2. The van der Waals surface area contributed by atoms with Crippen LogP contribution in [-0.2, 0) is 26.0 Å². The van der Waals surface area contributed by atoms with Gasteiger partial charge in [0, 0.05) is 49.2 Å². The number of rotatable bonds is 8. The Morgan fingerprint density at radius 2 is 2.10 bits per heavy atom. The highest BCUT2D eigenvalue weighted by Gasteiger charge is 2.34. The molecule has 1 aromatic carbocycles. The van der Waals surface area contributed by atoms with E-state index >= 15 is 0 Å². The molecule has 0 amide bonds. The summed E-state index contributed by atoms with van der Waals surface area (Å²) in [4.78, 5) is 9.13. The van der Waals surface area contributed by atoms with Crippen LogP contribution in [0.4, 0.5) is 5.69 Å². The highest BCUT2D eigenvalue weighted by molar-refractivity contribution is 9.10. The lowest BCUT2D eigenvalue weighted by molar-refractivity contribution is 0.0440. The van der Waals surface area contributed by atoms with Crippen molar-refractivity contribution in [3.05, 3.63) is 39.3 Å². The summed E-state index contributed by atoms with van der Waals surface area (Å²) in [5.41, 5.74) is 3.64. The van der Waals surface area contributed by atoms with E-state index in [9.17, 15) is 8.42 Å². The van der Waals surface area contributed by atoms with Gasteiger partial charge in [-0.3, -0.25) is 4.90 Å². The third-order valence-corrected chi connectivity index (χ3v) is 8.17. The Balaban J connectivity index is 1.48. The maximum atomic E-state index is 13.3. The minimum Gasteiger partial charge on any atom is -0.377 e.